The summed E-state index contributed by atoms with van der Waals surface area (Å²) in [5, 5.41) is 5.73. The molecule has 27 heavy (non-hydrogen) atoms. The van der Waals surface area contributed by atoms with E-state index in [1.54, 1.807) is 25.3 Å². The number of hydrogen-bond acceptors (Lipinski definition) is 4. The topological polar surface area (TPSA) is 76.7 Å². The molecule has 2 aromatic rings. The van der Waals surface area contributed by atoms with Crippen LogP contribution < -0.4 is 15.4 Å². The molecular weight excluding hydrogens is 412 g/mol. The summed E-state index contributed by atoms with van der Waals surface area (Å²) in [6.45, 7) is 1.29. The van der Waals surface area contributed by atoms with E-state index in [0.29, 0.717) is 37.4 Å². The first-order chi connectivity index (χ1) is 13.1. The molecule has 2 amide bonds. The molecule has 0 bridgehead atoms. The van der Waals surface area contributed by atoms with Crippen LogP contribution in [0.2, 0.25) is 0 Å². The van der Waals surface area contributed by atoms with Gasteiger partial charge in [-0.15, -0.1) is 0 Å². The molecule has 2 N–H and O–H groups in total. The van der Waals surface area contributed by atoms with Gasteiger partial charge >= 0.3 is 0 Å². The van der Waals surface area contributed by atoms with Gasteiger partial charge in [-0.05, 0) is 54.4 Å². The maximum absolute atomic E-state index is 12.4. The second kappa shape index (κ2) is 9.01. The molecular formula is C20H21BrN2O4. The van der Waals surface area contributed by atoms with Crippen LogP contribution in [0.5, 0.6) is 5.75 Å². The van der Waals surface area contributed by atoms with E-state index in [1.807, 2.05) is 24.3 Å². The minimum atomic E-state index is -0.258. The summed E-state index contributed by atoms with van der Waals surface area (Å²) in [5.74, 6) is 0.249. The highest BCUT2D eigenvalue weighted by molar-refractivity contribution is 9.10. The zero-order valence-corrected chi connectivity index (χ0v) is 16.5. The molecule has 1 aliphatic rings. The number of nitrogens with one attached hydrogen (secondary N) is 2. The Morgan fingerprint density at radius 2 is 2.00 bits per heavy atom. The summed E-state index contributed by atoms with van der Waals surface area (Å²) in [4.78, 5) is 24.6. The molecule has 0 spiro atoms. The molecule has 0 radical (unpaired) electrons. The van der Waals surface area contributed by atoms with Crippen molar-refractivity contribution in [1.29, 1.82) is 0 Å². The number of hydrogen-bond donors (Lipinski definition) is 2. The number of carbonyl (C=O) groups is 2. The third kappa shape index (κ3) is 5.08. The van der Waals surface area contributed by atoms with Gasteiger partial charge in [0.2, 0.25) is 5.91 Å². The molecule has 1 heterocycles. The predicted octanol–water partition coefficient (Wildman–Crippen LogP) is 3.02. The molecule has 142 valence electrons. The average Bonchev–Trinajstić information content (AvgIpc) is 2.68. The lowest BCUT2D eigenvalue weighted by Crippen LogP contribution is -2.38. The zero-order valence-electron chi connectivity index (χ0n) is 15.0. The fraction of sp³-hybridized carbons (Fsp3) is 0.300. The van der Waals surface area contributed by atoms with E-state index >= 15 is 0 Å². The quantitative estimate of drug-likeness (QED) is 0.687. The number of halogens is 1. The molecule has 6 nitrogen and oxygen atoms in total. The predicted molar refractivity (Wildman–Crippen MR) is 106 cm³/mol. The molecule has 1 atom stereocenters. The fourth-order valence-corrected chi connectivity index (χ4v) is 3.13. The highest BCUT2D eigenvalue weighted by atomic mass is 79.9. The van der Waals surface area contributed by atoms with Crippen molar-refractivity contribution in [3.63, 3.8) is 0 Å². The van der Waals surface area contributed by atoms with Crippen molar-refractivity contribution in [2.45, 2.75) is 6.42 Å². The first-order valence-electron chi connectivity index (χ1n) is 8.66. The van der Waals surface area contributed by atoms with E-state index in [-0.39, 0.29) is 17.7 Å². The Bertz CT molecular complexity index is 823. The van der Waals surface area contributed by atoms with Crippen molar-refractivity contribution in [2.24, 2.45) is 5.92 Å². The monoisotopic (exact) mass is 432 g/mol. The maximum Gasteiger partial charge on any atom is 0.255 e. The van der Waals surface area contributed by atoms with E-state index in [0.717, 1.165) is 15.8 Å². The van der Waals surface area contributed by atoms with E-state index in [2.05, 4.69) is 26.6 Å². The van der Waals surface area contributed by atoms with Crippen LogP contribution in [0.1, 0.15) is 15.9 Å². The van der Waals surface area contributed by atoms with Gasteiger partial charge < -0.3 is 20.1 Å². The number of benzene rings is 2. The molecule has 0 unspecified atom stereocenters. The minimum absolute atomic E-state index is 0.0537. The van der Waals surface area contributed by atoms with Gasteiger partial charge in [-0.25, -0.2) is 0 Å². The molecule has 2 aromatic carbocycles. The summed E-state index contributed by atoms with van der Waals surface area (Å²) >= 11 is 3.35. The second-order valence-corrected chi connectivity index (χ2v) is 7.20. The lowest BCUT2D eigenvalue weighted by molar-refractivity contribution is -0.126. The first kappa shape index (κ1) is 19.4. The third-order valence-electron chi connectivity index (χ3n) is 4.31. The van der Waals surface area contributed by atoms with Crippen molar-refractivity contribution in [2.75, 3.05) is 32.2 Å². The molecule has 7 heteroatoms. The van der Waals surface area contributed by atoms with Crippen LogP contribution in [0.3, 0.4) is 0 Å². The van der Waals surface area contributed by atoms with Crippen molar-refractivity contribution in [1.82, 2.24) is 5.32 Å². The number of anilines is 1. The van der Waals surface area contributed by atoms with Crippen molar-refractivity contribution in [3.8, 4) is 5.75 Å². The molecule has 0 saturated heterocycles. The van der Waals surface area contributed by atoms with Crippen LogP contribution >= 0.6 is 15.9 Å². The van der Waals surface area contributed by atoms with Gasteiger partial charge in [-0.3, -0.25) is 9.59 Å². The Labute approximate surface area is 166 Å². The summed E-state index contributed by atoms with van der Waals surface area (Å²) in [7, 11) is 1.59. The molecule has 3 rings (SSSR count). The van der Waals surface area contributed by atoms with E-state index in [9.17, 15) is 9.59 Å². The Hall–Kier alpha value is -2.38. The standard InChI is InChI=1S/C20H21BrN2O4/c1-26-9-8-22-19(24)15-10-14-11-17(6-7-18(14)27-12-15)23-20(25)13-2-4-16(21)5-3-13/h2-7,11,15H,8-10,12H2,1H3,(H,22,24)(H,23,25)/t15-/m0/s1. The van der Waals surface area contributed by atoms with Crippen molar-refractivity contribution >= 4 is 33.4 Å². The van der Waals surface area contributed by atoms with Crippen molar-refractivity contribution < 1.29 is 19.1 Å². The van der Waals surface area contributed by atoms with Gasteiger partial charge in [-0.2, -0.15) is 0 Å². The lowest BCUT2D eigenvalue weighted by Gasteiger charge is -2.25. The second-order valence-electron chi connectivity index (χ2n) is 6.28. The molecule has 0 saturated carbocycles. The number of fused-ring (bicyclic) bond motifs is 1. The van der Waals surface area contributed by atoms with Crippen LogP contribution in [-0.4, -0.2) is 38.7 Å². The fourth-order valence-electron chi connectivity index (χ4n) is 2.87. The van der Waals surface area contributed by atoms with E-state index < -0.39 is 0 Å². The van der Waals surface area contributed by atoms with Crippen molar-refractivity contribution in [3.05, 3.63) is 58.1 Å². The molecule has 0 aliphatic carbocycles. The van der Waals surface area contributed by atoms with Gasteiger partial charge in [0.15, 0.2) is 0 Å². The first-order valence-corrected chi connectivity index (χ1v) is 9.45. The number of carbonyl (C=O) groups excluding carboxylic acids is 2. The van der Waals surface area contributed by atoms with Crippen LogP contribution in [0.4, 0.5) is 5.69 Å². The zero-order chi connectivity index (χ0) is 19.2. The third-order valence-corrected chi connectivity index (χ3v) is 4.84. The number of amides is 2. The van der Waals surface area contributed by atoms with Crippen LogP contribution in [0.25, 0.3) is 0 Å². The number of rotatable bonds is 6. The average molecular weight is 433 g/mol. The number of ether oxygens (including phenoxy) is 2. The smallest absolute Gasteiger partial charge is 0.255 e. The normalized spacial score (nSPS) is 15.4. The lowest BCUT2D eigenvalue weighted by atomic mass is 9.95. The van der Waals surface area contributed by atoms with Gasteiger partial charge in [0, 0.05) is 29.4 Å². The van der Waals surface area contributed by atoms with Crippen LogP contribution in [0, 0.1) is 5.92 Å². The van der Waals surface area contributed by atoms with E-state index in [4.69, 9.17) is 9.47 Å². The summed E-state index contributed by atoms with van der Waals surface area (Å²) in [6, 6.07) is 12.6. The Morgan fingerprint density at radius 3 is 2.74 bits per heavy atom. The summed E-state index contributed by atoms with van der Waals surface area (Å²) in [6.07, 6.45) is 0.566. The Morgan fingerprint density at radius 1 is 1.22 bits per heavy atom. The van der Waals surface area contributed by atoms with Gasteiger partial charge in [0.25, 0.3) is 5.91 Å². The molecule has 0 fully saturated rings. The largest absolute Gasteiger partial charge is 0.492 e. The van der Waals surface area contributed by atoms with Crippen LogP contribution in [-0.2, 0) is 16.0 Å². The molecule has 0 aromatic heterocycles. The number of methoxy groups -OCH3 is 1. The van der Waals surface area contributed by atoms with Gasteiger partial charge in [0.05, 0.1) is 12.5 Å². The molecule has 1 aliphatic heterocycles. The van der Waals surface area contributed by atoms with Crippen LogP contribution in [0.15, 0.2) is 46.9 Å². The SMILES string of the molecule is COCCNC(=O)[C@@H]1COc2ccc(NC(=O)c3ccc(Br)cc3)cc2C1. The van der Waals surface area contributed by atoms with Gasteiger partial charge in [-0.1, -0.05) is 15.9 Å². The summed E-state index contributed by atoms with van der Waals surface area (Å²) in [5.41, 5.74) is 2.15. The summed E-state index contributed by atoms with van der Waals surface area (Å²) < 4.78 is 11.6. The Balaban J connectivity index is 1.65. The Kier molecular flexibility index (Phi) is 6.47. The van der Waals surface area contributed by atoms with Gasteiger partial charge in [0.1, 0.15) is 12.4 Å². The highest BCUT2D eigenvalue weighted by Gasteiger charge is 2.26. The maximum atomic E-state index is 12.4. The highest BCUT2D eigenvalue weighted by Crippen LogP contribution is 2.30. The van der Waals surface area contributed by atoms with E-state index in [1.165, 1.54) is 0 Å². The minimum Gasteiger partial charge on any atom is -0.492 e.